The highest BCUT2D eigenvalue weighted by Crippen LogP contribution is 2.20. The topological polar surface area (TPSA) is 42.7 Å². The van der Waals surface area contributed by atoms with Crippen molar-refractivity contribution in [1.29, 1.82) is 0 Å². The van der Waals surface area contributed by atoms with E-state index in [9.17, 15) is 0 Å². The molecule has 3 aromatic rings. The van der Waals surface area contributed by atoms with Gasteiger partial charge in [-0.05, 0) is 31.0 Å². The smallest absolute Gasteiger partial charge is 0.117 e. The Morgan fingerprint density at radius 1 is 0.923 bits per heavy atom. The van der Waals surface area contributed by atoms with Gasteiger partial charge in [0.1, 0.15) is 11.4 Å². The zero-order valence-corrected chi connectivity index (χ0v) is 15.8. The van der Waals surface area contributed by atoms with E-state index in [4.69, 9.17) is 10.2 Å². The summed E-state index contributed by atoms with van der Waals surface area (Å²) in [7, 11) is 0. The minimum Gasteiger partial charge on any atom is -0.311 e. The Labute approximate surface area is 156 Å². The lowest BCUT2D eigenvalue weighted by Crippen LogP contribution is -2.16. The molecule has 3 rings (SSSR count). The first-order valence-corrected chi connectivity index (χ1v) is 9.52. The maximum absolute atomic E-state index is 4.80. The number of hydrogen-bond donors (Lipinski definition) is 1. The van der Waals surface area contributed by atoms with Crippen LogP contribution in [0.1, 0.15) is 43.0 Å². The number of nitrogens with zero attached hydrogens (tertiary/aromatic N) is 3. The van der Waals surface area contributed by atoms with Gasteiger partial charge in [0, 0.05) is 12.1 Å². The Hall–Kier alpha value is -2.46. The molecule has 136 valence electrons. The normalized spacial score (nSPS) is 11.0. The molecule has 0 fully saturated rings. The maximum Gasteiger partial charge on any atom is 0.117 e. The lowest BCUT2D eigenvalue weighted by atomic mass is 10.1. The van der Waals surface area contributed by atoms with Crippen LogP contribution in [0.2, 0.25) is 0 Å². The fourth-order valence-corrected chi connectivity index (χ4v) is 3.04. The van der Waals surface area contributed by atoms with Crippen molar-refractivity contribution in [2.24, 2.45) is 0 Å². The van der Waals surface area contributed by atoms with Crippen LogP contribution in [0, 0.1) is 6.92 Å². The van der Waals surface area contributed by atoms with Crippen molar-refractivity contribution >= 4 is 0 Å². The molecule has 0 aliphatic rings. The van der Waals surface area contributed by atoms with Crippen molar-refractivity contribution < 1.29 is 0 Å². The summed E-state index contributed by atoms with van der Waals surface area (Å²) in [6.07, 6.45) is 3.70. The van der Waals surface area contributed by atoms with Gasteiger partial charge in [0.25, 0.3) is 0 Å². The standard InChI is InChI=1S/C22H28N4/c1-3-4-10-15-23-16-21-22(19-12-6-5-7-13-19)25-26(24-21)17-20-14-9-8-11-18(20)2/h5-9,11-14,23H,3-4,10,15-17H2,1-2H3. The van der Waals surface area contributed by atoms with E-state index in [0.29, 0.717) is 6.54 Å². The Kier molecular flexibility index (Phi) is 6.56. The van der Waals surface area contributed by atoms with Crippen LogP contribution in [0.25, 0.3) is 11.3 Å². The van der Waals surface area contributed by atoms with Crippen LogP contribution in [-0.4, -0.2) is 21.5 Å². The van der Waals surface area contributed by atoms with Crippen LogP contribution in [0.5, 0.6) is 0 Å². The molecule has 26 heavy (non-hydrogen) atoms. The molecule has 4 nitrogen and oxygen atoms in total. The quantitative estimate of drug-likeness (QED) is 0.576. The van der Waals surface area contributed by atoms with Gasteiger partial charge in [-0.1, -0.05) is 74.4 Å². The summed E-state index contributed by atoms with van der Waals surface area (Å²) in [6.45, 7) is 6.83. The van der Waals surface area contributed by atoms with Gasteiger partial charge in [0.2, 0.25) is 0 Å². The van der Waals surface area contributed by atoms with E-state index in [-0.39, 0.29) is 0 Å². The van der Waals surface area contributed by atoms with Gasteiger partial charge in [-0.3, -0.25) is 0 Å². The molecule has 0 amide bonds. The van der Waals surface area contributed by atoms with E-state index in [1.54, 1.807) is 0 Å². The molecule has 0 aliphatic carbocycles. The second-order valence-corrected chi connectivity index (χ2v) is 6.70. The number of aryl methyl sites for hydroxylation is 1. The average Bonchev–Trinajstić information content (AvgIpc) is 3.07. The van der Waals surface area contributed by atoms with E-state index in [0.717, 1.165) is 30.0 Å². The van der Waals surface area contributed by atoms with E-state index >= 15 is 0 Å². The average molecular weight is 348 g/mol. The fraction of sp³-hybridized carbons (Fsp3) is 0.364. The van der Waals surface area contributed by atoms with Crippen LogP contribution in [0.3, 0.4) is 0 Å². The van der Waals surface area contributed by atoms with E-state index in [1.807, 2.05) is 23.0 Å². The Morgan fingerprint density at radius 2 is 1.69 bits per heavy atom. The van der Waals surface area contributed by atoms with Crippen LogP contribution in [-0.2, 0) is 13.1 Å². The monoisotopic (exact) mass is 348 g/mol. The van der Waals surface area contributed by atoms with Crippen LogP contribution in [0.15, 0.2) is 54.6 Å². The molecule has 1 heterocycles. The number of rotatable bonds is 9. The summed E-state index contributed by atoms with van der Waals surface area (Å²) >= 11 is 0. The lowest BCUT2D eigenvalue weighted by Gasteiger charge is -2.04. The summed E-state index contributed by atoms with van der Waals surface area (Å²) in [6, 6.07) is 18.7. The van der Waals surface area contributed by atoms with Crippen molar-refractivity contribution in [3.8, 4) is 11.3 Å². The van der Waals surface area contributed by atoms with Crippen LogP contribution < -0.4 is 5.32 Å². The lowest BCUT2D eigenvalue weighted by molar-refractivity contribution is 0.568. The first-order chi connectivity index (χ1) is 12.8. The largest absolute Gasteiger partial charge is 0.311 e. The molecule has 2 aromatic carbocycles. The molecule has 0 aliphatic heterocycles. The number of hydrogen-bond acceptors (Lipinski definition) is 3. The first kappa shape index (κ1) is 18.3. The Balaban J connectivity index is 1.79. The molecule has 1 aromatic heterocycles. The number of nitrogens with one attached hydrogen (secondary N) is 1. The summed E-state index contributed by atoms with van der Waals surface area (Å²) in [4.78, 5) is 1.83. The predicted molar refractivity (Wildman–Crippen MR) is 107 cm³/mol. The number of unbranched alkanes of at least 4 members (excludes halogenated alkanes) is 2. The van der Waals surface area contributed by atoms with E-state index in [1.165, 1.54) is 30.4 Å². The molecular weight excluding hydrogens is 320 g/mol. The minimum atomic E-state index is 0.697. The number of aromatic nitrogens is 3. The van der Waals surface area contributed by atoms with Crippen molar-refractivity contribution in [3.05, 3.63) is 71.4 Å². The van der Waals surface area contributed by atoms with Crippen molar-refractivity contribution in [1.82, 2.24) is 20.3 Å². The Morgan fingerprint density at radius 3 is 2.46 bits per heavy atom. The van der Waals surface area contributed by atoms with E-state index in [2.05, 4.69) is 55.6 Å². The highest BCUT2D eigenvalue weighted by atomic mass is 15.5. The Bertz CT molecular complexity index is 808. The molecular formula is C22H28N4. The highest BCUT2D eigenvalue weighted by Gasteiger charge is 2.13. The molecule has 0 atom stereocenters. The summed E-state index contributed by atoms with van der Waals surface area (Å²) in [5.41, 5.74) is 5.63. The van der Waals surface area contributed by atoms with Gasteiger partial charge < -0.3 is 5.32 Å². The summed E-state index contributed by atoms with van der Waals surface area (Å²) in [5, 5.41) is 13.1. The van der Waals surface area contributed by atoms with Crippen LogP contribution >= 0.6 is 0 Å². The van der Waals surface area contributed by atoms with Crippen molar-refractivity contribution in [3.63, 3.8) is 0 Å². The highest BCUT2D eigenvalue weighted by molar-refractivity contribution is 5.60. The molecule has 4 heteroatoms. The third kappa shape index (κ3) is 4.79. The minimum absolute atomic E-state index is 0.697. The molecule has 0 saturated heterocycles. The van der Waals surface area contributed by atoms with Crippen molar-refractivity contribution in [2.75, 3.05) is 6.54 Å². The van der Waals surface area contributed by atoms with Gasteiger partial charge in [-0.25, -0.2) is 0 Å². The molecule has 0 unspecified atom stereocenters. The predicted octanol–water partition coefficient (Wildman–Crippen LogP) is 4.58. The zero-order chi connectivity index (χ0) is 18.2. The van der Waals surface area contributed by atoms with Gasteiger partial charge >= 0.3 is 0 Å². The SMILES string of the molecule is CCCCCNCc1nn(Cc2ccccc2C)nc1-c1ccccc1. The fourth-order valence-electron chi connectivity index (χ4n) is 3.04. The van der Waals surface area contributed by atoms with Gasteiger partial charge in [-0.2, -0.15) is 15.0 Å². The summed E-state index contributed by atoms with van der Waals surface area (Å²) in [5.74, 6) is 0. The molecule has 0 spiro atoms. The van der Waals surface area contributed by atoms with Crippen molar-refractivity contribution in [2.45, 2.75) is 46.2 Å². The zero-order valence-electron chi connectivity index (χ0n) is 15.8. The van der Waals surface area contributed by atoms with Gasteiger partial charge in [0.15, 0.2) is 0 Å². The second-order valence-electron chi connectivity index (χ2n) is 6.70. The summed E-state index contributed by atoms with van der Waals surface area (Å²) < 4.78 is 0. The molecule has 0 saturated carbocycles. The third-order valence-electron chi connectivity index (χ3n) is 4.59. The van der Waals surface area contributed by atoms with Gasteiger partial charge in [0.05, 0.1) is 6.54 Å². The molecule has 0 bridgehead atoms. The first-order valence-electron chi connectivity index (χ1n) is 9.52. The third-order valence-corrected chi connectivity index (χ3v) is 4.59. The number of benzene rings is 2. The van der Waals surface area contributed by atoms with Gasteiger partial charge in [-0.15, -0.1) is 0 Å². The molecule has 0 radical (unpaired) electrons. The molecule has 1 N–H and O–H groups in total. The van der Waals surface area contributed by atoms with E-state index < -0.39 is 0 Å². The maximum atomic E-state index is 4.80. The second kappa shape index (κ2) is 9.30. The van der Waals surface area contributed by atoms with Crippen LogP contribution in [0.4, 0.5) is 0 Å².